The highest BCUT2D eigenvalue weighted by Gasteiger charge is 2.23. The summed E-state index contributed by atoms with van der Waals surface area (Å²) in [6.45, 7) is 2.31. The average molecular weight is 835 g/mol. The lowest BCUT2D eigenvalue weighted by Crippen LogP contribution is -2.15. The van der Waals surface area contributed by atoms with Gasteiger partial charge >= 0.3 is 0 Å². The first-order chi connectivity index (χ1) is 32.2. The molecule has 0 aliphatic heterocycles. The summed E-state index contributed by atoms with van der Waals surface area (Å²) in [5, 5.41) is 4.99. The molecule has 2 aromatic heterocycles. The first-order valence-electron chi connectivity index (χ1n) is 22.6. The van der Waals surface area contributed by atoms with Gasteiger partial charge in [0, 0.05) is 72.4 Å². The summed E-state index contributed by atoms with van der Waals surface area (Å²) in [6, 6.07) is 81.7. The number of rotatable bonds is 9. The highest BCUT2D eigenvalue weighted by Crippen LogP contribution is 2.43. The van der Waals surface area contributed by atoms with Crippen LogP contribution in [-0.2, 0) is 0 Å². The molecule has 2 atom stereocenters. The van der Waals surface area contributed by atoms with E-state index < -0.39 is 0 Å². The first kappa shape index (κ1) is 38.3. The fraction of sp³-hybridized carbons (Fsp3) is 0.0492. The van der Waals surface area contributed by atoms with Crippen molar-refractivity contribution in [3.05, 3.63) is 249 Å². The van der Waals surface area contributed by atoms with Gasteiger partial charge in [-0.3, -0.25) is 0 Å². The number of aromatic nitrogens is 2. The molecule has 0 amide bonds. The third kappa shape index (κ3) is 6.70. The van der Waals surface area contributed by atoms with Gasteiger partial charge in [-0.25, -0.2) is 0 Å². The van der Waals surface area contributed by atoms with Gasteiger partial charge in [-0.1, -0.05) is 146 Å². The molecule has 310 valence electrons. The molecular formula is C61H46N4. The van der Waals surface area contributed by atoms with Crippen LogP contribution in [0.1, 0.15) is 13.0 Å². The molecule has 0 bridgehead atoms. The van der Waals surface area contributed by atoms with E-state index >= 15 is 0 Å². The smallest absolute Gasteiger partial charge is 0.0585 e. The first-order valence-corrected chi connectivity index (χ1v) is 22.6. The number of nitrogens with zero attached hydrogens (tertiary/aromatic N) is 4. The molecule has 1 aliphatic rings. The van der Waals surface area contributed by atoms with Crippen molar-refractivity contribution in [1.82, 2.24) is 9.13 Å². The van der Waals surface area contributed by atoms with Crippen molar-refractivity contribution in [1.29, 1.82) is 0 Å². The lowest BCUT2D eigenvalue weighted by atomic mass is 9.96. The summed E-state index contributed by atoms with van der Waals surface area (Å²) in [7, 11) is 0. The lowest BCUT2D eigenvalue weighted by molar-refractivity contribution is 0.510. The zero-order chi connectivity index (χ0) is 43.3. The third-order valence-electron chi connectivity index (χ3n) is 13.2. The van der Waals surface area contributed by atoms with Crippen LogP contribution in [0.15, 0.2) is 249 Å². The highest BCUT2D eigenvalue weighted by molar-refractivity contribution is 6.11. The van der Waals surface area contributed by atoms with Crippen molar-refractivity contribution in [3.63, 3.8) is 0 Å². The fourth-order valence-electron chi connectivity index (χ4n) is 10.1. The van der Waals surface area contributed by atoms with Crippen LogP contribution in [0.25, 0.3) is 60.4 Å². The van der Waals surface area contributed by atoms with Crippen LogP contribution in [0.5, 0.6) is 0 Å². The van der Waals surface area contributed by atoms with Crippen LogP contribution in [-0.4, -0.2) is 9.13 Å². The number of benzene rings is 9. The molecule has 9 aromatic carbocycles. The third-order valence-corrected chi connectivity index (χ3v) is 13.2. The minimum absolute atomic E-state index is 0.255. The molecule has 12 rings (SSSR count). The van der Waals surface area contributed by atoms with Crippen molar-refractivity contribution >= 4 is 77.7 Å². The number of allylic oxidation sites excluding steroid dienone is 4. The minimum Gasteiger partial charge on any atom is -0.333 e. The minimum atomic E-state index is 0.255. The van der Waals surface area contributed by atoms with Crippen LogP contribution in [0, 0.1) is 5.92 Å². The van der Waals surface area contributed by atoms with Crippen molar-refractivity contribution in [2.75, 3.05) is 9.80 Å². The van der Waals surface area contributed by atoms with Crippen molar-refractivity contribution in [3.8, 4) is 16.8 Å². The lowest BCUT2D eigenvalue weighted by Gasteiger charge is -2.27. The molecule has 65 heavy (non-hydrogen) atoms. The summed E-state index contributed by atoms with van der Waals surface area (Å²) in [5.41, 5.74) is 15.0. The van der Waals surface area contributed by atoms with Crippen LogP contribution < -0.4 is 9.80 Å². The van der Waals surface area contributed by atoms with Gasteiger partial charge in [0.1, 0.15) is 0 Å². The topological polar surface area (TPSA) is 16.3 Å². The van der Waals surface area contributed by atoms with E-state index in [0.29, 0.717) is 5.92 Å². The Bertz CT molecular complexity index is 3550. The Morgan fingerprint density at radius 2 is 0.738 bits per heavy atom. The molecule has 0 fully saturated rings. The molecule has 4 heteroatoms. The second kappa shape index (κ2) is 16.1. The van der Waals surface area contributed by atoms with Gasteiger partial charge in [0.15, 0.2) is 0 Å². The van der Waals surface area contributed by atoms with E-state index in [9.17, 15) is 0 Å². The Balaban J connectivity index is 0.897. The number of hydrogen-bond acceptors (Lipinski definition) is 2. The van der Waals surface area contributed by atoms with Gasteiger partial charge in [0.25, 0.3) is 0 Å². The van der Waals surface area contributed by atoms with Crippen LogP contribution in [0.3, 0.4) is 0 Å². The summed E-state index contributed by atoms with van der Waals surface area (Å²) >= 11 is 0. The fourth-order valence-corrected chi connectivity index (χ4v) is 10.1. The maximum absolute atomic E-state index is 2.52. The second-order valence-corrected chi connectivity index (χ2v) is 17.0. The van der Waals surface area contributed by atoms with Crippen molar-refractivity contribution in [2.45, 2.75) is 13.0 Å². The molecule has 2 heterocycles. The molecule has 0 spiro atoms. The van der Waals surface area contributed by atoms with Gasteiger partial charge in [0.05, 0.1) is 17.1 Å². The molecule has 11 aromatic rings. The Labute approximate surface area is 379 Å². The van der Waals surface area contributed by atoms with Gasteiger partial charge < -0.3 is 18.9 Å². The molecule has 1 aliphatic carbocycles. The number of fused-ring (bicyclic) bond motifs is 6. The van der Waals surface area contributed by atoms with E-state index in [0.717, 1.165) is 50.9 Å². The van der Waals surface area contributed by atoms with Gasteiger partial charge in [-0.2, -0.15) is 0 Å². The Morgan fingerprint density at radius 3 is 1.31 bits per heavy atom. The molecule has 0 saturated carbocycles. The molecule has 1 unspecified atom stereocenters. The summed E-state index contributed by atoms with van der Waals surface area (Å²) in [4.78, 5) is 4.73. The normalized spacial score (nSPS) is 14.7. The van der Waals surface area contributed by atoms with Gasteiger partial charge in [-0.15, -0.1) is 0 Å². The van der Waals surface area contributed by atoms with Crippen molar-refractivity contribution in [2.24, 2.45) is 5.92 Å². The van der Waals surface area contributed by atoms with E-state index in [-0.39, 0.29) is 6.04 Å². The molecule has 4 nitrogen and oxygen atoms in total. The number of hydrogen-bond donors (Lipinski definition) is 0. The van der Waals surface area contributed by atoms with Crippen molar-refractivity contribution < 1.29 is 0 Å². The SMILES string of the molecule is C[C@@H]1C=CC=CC1n1c2ccccc2c2cc(N(c3ccccc3)c3ccc(-c4ccc(N(c5ccccc5)c5ccc6c(c5)c5ccccc5n6-c5ccccc5)cc4)cc3)ccc21. The predicted molar refractivity (Wildman–Crippen MR) is 275 cm³/mol. The summed E-state index contributed by atoms with van der Waals surface area (Å²) < 4.78 is 4.89. The predicted octanol–water partition coefficient (Wildman–Crippen LogP) is 16.8. The molecular weight excluding hydrogens is 789 g/mol. The second-order valence-electron chi connectivity index (χ2n) is 17.0. The molecule has 0 radical (unpaired) electrons. The van der Waals surface area contributed by atoms with Gasteiger partial charge in [-0.05, 0) is 126 Å². The maximum atomic E-state index is 2.52. The summed E-state index contributed by atoms with van der Waals surface area (Å²) in [5.74, 6) is 0.396. The van der Waals surface area contributed by atoms with Crippen LogP contribution in [0.2, 0.25) is 0 Å². The van der Waals surface area contributed by atoms with E-state index in [1.165, 1.54) is 43.6 Å². The molecule has 0 N–H and O–H groups in total. The molecule has 0 saturated heterocycles. The van der Waals surface area contributed by atoms with Gasteiger partial charge in [0.2, 0.25) is 0 Å². The number of para-hydroxylation sites is 5. The Kier molecular flexibility index (Phi) is 9.49. The summed E-state index contributed by atoms with van der Waals surface area (Å²) in [6.07, 6.45) is 8.99. The van der Waals surface area contributed by atoms with Crippen LogP contribution >= 0.6 is 0 Å². The zero-order valence-corrected chi connectivity index (χ0v) is 36.1. The van der Waals surface area contributed by atoms with Crippen LogP contribution in [0.4, 0.5) is 34.1 Å². The Hall–Kier alpha value is -8.34. The largest absolute Gasteiger partial charge is 0.333 e. The standard InChI is InChI=1S/C61H46N4/c1-43-17-11-14-26-57(43)65-59-28-16-13-25-54(59)56-42-52(38-40-61(56)65)63(47-20-7-3-8-21-47)50-35-31-45(32-36-50)44-29-33-49(34-30-44)62(46-18-5-2-6-19-46)51-37-39-60-55(41-51)53-24-12-15-27-58(53)64(60)48-22-9-4-10-23-48/h2-43,57H,1H3/t43-,57?/m1/s1. The highest BCUT2D eigenvalue weighted by atomic mass is 15.1. The quantitative estimate of drug-likeness (QED) is 0.144. The van der Waals surface area contributed by atoms with E-state index in [4.69, 9.17) is 0 Å². The monoisotopic (exact) mass is 834 g/mol. The Morgan fingerprint density at radius 1 is 0.338 bits per heavy atom. The zero-order valence-electron chi connectivity index (χ0n) is 36.1. The average Bonchev–Trinajstić information content (AvgIpc) is 3.88. The number of anilines is 6. The van der Waals surface area contributed by atoms with E-state index in [1.54, 1.807) is 0 Å². The van der Waals surface area contributed by atoms with E-state index in [1.807, 2.05) is 0 Å². The maximum Gasteiger partial charge on any atom is 0.0585 e. The van der Waals surface area contributed by atoms with E-state index in [2.05, 4.69) is 275 Å².